The van der Waals surface area contributed by atoms with Gasteiger partial charge in [0.2, 0.25) is 0 Å². The Morgan fingerprint density at radius 2 is 2.18 bits per heavy atom. The third kappa shape index (κ3) is 9.85. The van der Waals surface area contributed by atoms with E-state index in [1.165, 1.54) is 6.42 Å². The van der Waals surface area contributed by atoms with Gasteiger partial charge in [-0.15, -0.1) is 0 Å². The van der Waals surface area contributed by atoms with Crippen LogP contribution >= 0.6 is 12.2 Å². The molecule has 0 fully saturated rings. The molecule has 0 rings (SSSR count). The highest BCUT2D eigenvalue weighted by molar-refractivity contribution is 7.80. The van der Waals surface area contributed by atoms with Crippen molar-refractivity contribution in [2.75, 3.05) is 13.2 Å². The molecule has 0 bridgehead atoms. The molecule has 0 heterocycles. The topological polar surface area (TPSA) is 35.2 Å². The smallest absolute Gasteiger partial charge is 0.0989 e. The average Bonchev–Trinajstić information content (AvgIpc) is 1.85. The van der Waals surface area contributed by atoms with Gasteiger partial charge in [0, 0.05) is 6.61 Å². The van der Waals surface area contributed by atoms with Crippen LogP contribution in [0.5, 0.6) is 0 Å². The van der Waals surface area contributed by atoms with Gasteiger partial charge in [-0.05, 0) is 18.8 Å². The molecule has 2 N–H and O–H groups in total. The van der Waals surface area contributed by atoms with E-state index < -0.39 is 0 Å². The molecule has 0 saturated carbocycles. The molecule has 0 aromatic rings. The van der Waals surface area contributed by atoms with E-state index in [2.05, 4.69) is 26.1 Å². The molecule has 0 aliphatic carbocycles. The Labute approximate surface area is 74.1 Å². The van der Waals surface area contributed by atoms with Crippen LogP contribution in [0.3, 0.4) is 0 Å². The Hall–Kier alpha value is -0.150. The molecular formula is C8H17NOS. The standard InChI is InChI=1S/C8H17NOS/c1-7(2)4-3-5-10-6-8(9)11/h7H,3-6H2,1-2H3,(H2,9,11). The molecule has 2 nitrogen and oxygen atoms in total. The first-order valence-corrected chi connectivity index (χ1v) is 4.39. The van der Waals surface area contributed by atoms with Gasteiger partial charge in [-0.2, -0.15) is 0 Å². The molecule has 11 heavy (non-hydrogen) atoms. The number of ether oxygens (including phenoxy) is 1. The first-order valence-electron chi connectivity index (χ1n) is 3.99. The summed E-state index contributed by atoms with van der Waals surface area (Å²) in [6.45, 7) is 5.60. The van der Waals surface area contributed by atoms with Gasteiger partial charge in [-0.25, -0.2) is 0 Å². The van der Waals surface area contributed by atoms with Crippen molar-refractivity contribution in [1.82, 2.24) is 0 Å². The van der Waals surface area contributed by atoms with Crippen molar-refractivity contribution in [3.63, 3.8) is 0 Å². The van der Waals surface area contributed by atoms with Crippen LogP contribution in [0.4, 0.5) is 0 Å². The summed E-state index contributed by atoms with van der Waals surface area (Å²) in [5.74, 6) is 0.753. The summed E-state index contributed by atoms with van der Waals surface area (Å²) in [7, 11) is 0. The molecule has 0 unspecified atom stereocenters. The van der Waals surface area contributed by atoms with E-state index in [0.29, 0.717) is 11.6 Å². The van der Waals surface area contributed by atoms with Crippen LogP contribution in [0.15, 0.2) is 0 Å². The van der Waals surface area contributed by atoms with Gasteiger partial charge in [0.25, 0.3) is 0 Å². The zero-order chi connectivity index (χ0) is 8.69. The molecule has 3 heteroatoms. The lowest BCUT2D eigenvalue weighted by atomic mass is 10.1. The van der Waals surface area contributed by atoms with Crippen molar-refractivity contribution < 1.29 is 4.74 Å². The molecule has 0 aromatic heterocycles. The fourth-order valence-corrected chi connectivity index (χ4v) is 0.850. The van der Waals surface area contributed by atoms with Gasteiger partial charge in [0.1, 0.15) is 0 Å². The highest BCUT2D eigenvalue weighted by atomic mass is 32.1. The van der Waals surface area contributed by atoms with Crippen LogP contribution in [0.25, 0.3) is 0 Å². The monoisotopic (exact) mass is 175 g/mol. The van der Waals surface area contributed by atoms with Crippen LogP contribution in [0, 0.1) is 5.92 Å². The van der Waals surface area contributed by atoms with Crippen molar-refractivity contribution in [3.8, 4) is 0 Å². The summed E-state index contributed by atoms with van der Waals surface area (Å²) in [5.41, 5.74) is 5.24. The number of hydrogen-bond acceptors (Lipinski definition) is 2. The molecule has 0 spiro atoms. The summed E-state index contributed by atoms with van der Waals surface area (Å²) >= 11 is 4.65. The second-order valence-corrected chi connectivity index (χ2v) is 3.58. The van der Waals surface area contributed by atoms with Crippen LogP contribution in [0.1, 0.15) is 26.7 Å². The molecule has 0 radical (unpaired) electrons. The van der Waals surface area contributed by atoms with Crippen molar-refractivity contribution >= 4 is 17.2 Å². The minimum absolute atomic E-state index is 0.424. The molecule has 66 valence electrons. The second kappa shape index (κ2) is 6.55. The Morgan fingerprint density at radius 3 is 2.64 bits per heavy atom. The van der Waals surface area contributed by atoms with Gasteiger partial charge in [0.15, 0.2) is 0 Å². The molecule has 0 saturated heterocycles. The highest BCUT2D eigenvalue weighted by Gasteiger charge is 1.94. The van der Waals surface area contributed by atoms with E-state index in [0.717, 1.165) is 18.9 Å². The molecule has 0 aliphatic heterocycles. The summed E-state index contributed by atoms with van der Waals surface area (Å²) in [6.07, 6.45) is 2.30. The third-order valence-corrected chi connectivity index (χ3v) is 1.43. The van der Waals surface area contributed by atoms with Gasteiger partial charge in [-0.3, -0.25) is 0 Å². The Balaban J connectivity index is 2.97. The summed E-state index contributed by atoms with van der Waals surface area (Å²) < 4.78 is 5.18. The first kappa shape index (κ1) is 10.8. The largest absolute Gasteiger partial charge is 0.391 e. The van der Waals surface area contributed by atoms with Gasteiger partial charge in [0.05, 0.1) is 11.6 Å². The summed E-state index contributed by atoms with van der Waals surface area (Å²) in [6, 6.07) is 0. The maximum absolute atomic E-state index is 5.24. The van der Waals surface area contributed by atoms with Crippen LogP contribution in [-0.4, -0.2) is 18.2 Å². The molecule has 0 amide bonds. The van der Waals surface area contributed by atoms with E-state index in [1.54, 1.807) is 0 Å². The van der Waals surface area contributed by atoms with Crippen molar-refractivity contribution in [3.05, 3.63) is 0 Å². The number of rotatable bonds is 6. The Morgan fingerprint density at radius 1 is 1.55 bits per heavy atom. The number of nitrogens with two attached hydrogens (primary N) is 1. The normalized spacial score (nSPS) is 10.5. The van der Waals surface area contributed by atoms with E-state index in [9.17, 15) is 0 Å². The summed E-state index contributed by atoms with van der Waals surface area (Å²) in [4.78, 5) is 0.439. The lowest BCUT2D eigenvalue weighted by Gasteiger charge is -2.04. The van der Waals surface area contributed by atoms with Crippen LogP contribution < -0.4 is 5.73 Å². The fraction of sp³-hybridized carbons (Fsp3) is 0.875. The molecule has 0 aliphatic rings. The second-order valence-electron chi connectivity index (χ2n) is 3.05. The number of thiocarbonyl (C=S) groups is 1. The van der Waals surface area contributed by atoms with E-state index in [-0.39, 0.29) is 0 Å². The highest BCUT2D eigenvalue weighted by Crippen LogP contribution is 2.02. The Bertz CT molecular complexity index is 115. The first-order chi connectivity index (χ1) is 5.13. The van der Waals surface area contributed by atoms with Crippen molar-refractivity contribution in [2.45, 2.75) is 26.7 Å². The third-order valence-electron chi connectivity index (χ3n) is 1.31. The fourth-order valence-electron chi connectivity index (χ4n) is 0.766. The molecule has 0 aromatic carbocycles. The molecular weight excluding hydrogens is 158 g/mol. The van der Waals surface area contributed by atoms with Gasteiger partial charge >= 0.3 is 0 Å². The maximum Gasteiger partial charge on any atom is 0.0989 e. The van der Waals surface area contributed by atoms with Gasteiger partial charge < -0.3 is 10.5 Å². The lowest BCUT2D eigenvalue weighted by molar-refractivity contribution is 0.164. The van der Waals surface area contributed by atoms with E-state index in [1.807, 2.05) is 0 Å². The predicted octanol–water partition coefficient (Wildman–Crippen LogP) is 1.73. The zero-order valence-electron chi connectivity index (χ0n) is 7.30. The zero-order valence-corrected chi connectivity index (χ0v) is 8.12. The maximum atomic E-state index is 5.24. The van der Waals surface area contributed by atoms with E-state index >= 15 is 0 Å². The summed E-state index contributed by atoms with van der Waals surface area (Å²) in [5, 5.41) is 0. The van der Waals surface area contributed by atoms with Crippen LogP contribution in [-0.2, 0) is 4.74 Å². The lowest BCUT2D eigenvalue weighted by Crippen LogP contribution is -2.16. The van der Waals surface area contributed by atoms with Crippen molar-refractivity contribution in [1.29, 1.82) is 0 Å². The van der Waals surface area contributed by atoms with Gasteiger partial charge in [-0.1, -0.05) is 26.1 Å². The SMILES string of the molecule is CC(C)CCCOCC(N)=S. The average molecular weight is 175 g/mol. The predicted molar refractivity (Wildman–Crippen MR) is 51.7 cm³/mol. The molecule has 0 atom stereocenters. The van der Waals surface area contributed by atoms with Crippen molar-refractivity contribution in [2.24, 2.45) is 11.7 Å². The minimum Gasteiger partial charge on any atom is -0.391 e. The minimum atomic E-state index is 0.424. The van der Waals surface area contributed by atoms with E-state index in [4.69, 9.17) is 10.5 Å². The number of hydrogen-bond donors (Lipinski definition) is 1. The van der Waals surface area contributed by atoms with Crippen LogP contribution in [0.2, 0.25) is 0 Å². The Kier molecular flexibility index (Phi) is 6.46. The quantitative estimate of drug-likeness (QED) is 0.493.